The average Bonchev–Trinajstić information content (AvgIpc) is 2.58. The molecule has 0 aliphatic carbocycles. The van der Waals surface area contributed by atoms with E-state index in [1.807, 2.05) is 29.7 Å². The van der Waals surface area contributed by atoms with Crippen LogP contribution in [0.15, 0.2) is 17.7 Å². The SMILES string of the molecule is Cc1ccc(C=C2C(=O)NC(=O)NC2=O)s1. The molecule has 0 saturated carbocycles. The van der Waals surface area contributed by atoms with Gasteiger partial charge in [0.25, 0.3) is 11.8 Å². The topological polar surface area (TPSA) is 75.3 Å². The highest BCUT2D eigenvalue weighted by Crippen LogP contribution is 2.19. The zero-order valence-electron chi connectivity index (χ0n) is 8.37. The Bertz CT molecular complexity index is 494. The molecule has 0 bridgehead atoms. The lowest BCUT2D eigenvalue weighted by Gasteiger charge is -2.13. The molecule has 1 aromatic heterocycles. The first-order chi connectivity index (χ1) is 7.56. The Hall–Kier alpha value is -1.95. The Morgan fingerprint density at radius 3 is 2.25 bits per heavy atom. The molecule has 0 unspecified atom stereocenters. The summed E-state index contributed by atoms with van der Waals surface area (Å²) in [5, 5.41) is 4.03. The van der Waals surface area contributed by atoms with Crippen molar-refractivity contribution in [2.75, 3.05) is 0 Å². The van der Waals surface area contributed by atoms with Crippen molar-refractivity contribution in [1.29, 1.82) is 0 Å². The number of rotatable bonds is 1. The minimum absolute atomic E-state index is 0.0542. The second kappa shape index (κ2) is 3.90. The van der Waals surface area contributed by atoms with E-state index in [0.29, 0.717) is 0 Å². The van der Waals surface area contributed by atoms with Gasteiger partial charge < -0.3 is 0 Å². The van der Waals surface area contributed by atoms with E-state index < -0.39 is 17.8 Å². The number of imide groups is 2. The van der Waals surface area contributed by atoms with Gasteiger partial charge in [-0.15, -0.1) is 11.3 Å². The number of hydrogen-bond donors (Lipinski definition) is 2. The van der Waals surface area contributed by atoms with Gasteiger partial charge in [0.05, 0.1) is 0 Å². The fraction of sp³-hybridized carbons (Fsp3) is 0.100. The smallest absolute Gasteiger partial charge is 0.273 e. The Kier molecular flexibility index (Phi) is 2.57. The molecule has 82 valence electrons. The molecule has 0 aromatic carbocycles. The largest absolute Gasteiger partial charge is 0.328 e. The number of hydrogen-bond acceptors (Lipinski definition) is 4. The van der Waals surface area contributed by atoms with E-state index >= 15 is 0 Å². The number of carbonyl (C=O) groups is 3. The molecule has 2 N–H and O–H groups in total. The van der Waals surface area contributed by atoms with Gasteiger partial charge >= 0.3 is 6.03 Å². The Morgan fingerprint density at radius 2 is 1.75 bits per heavy atom. The van der Waals surface area contributed by atoms with Crippen LogP contribution in [0.3, 0.4) is 0 Å². The van der Waals surface area contributed by atoms with Crippen molar-refractivity contribution in [2.24, 2.45) is 0 Å². The molecule has 0 radical (unpaired) electrons. The molecule has 1 aliphatic rings. The van der Waals surface area contributed by atoms with E-state index in [4.69, 9.17) is 0 Å². The fourth-order valence-electron chi connectivity index (χ4n) is 1.28. The quantitative estimate of drug-likeness (QED) is 0.559. The number of barbiturate groups is 1. The highest BCUT2D eigenvalue weighted by Gasteiger charge is 2.27. The number of aryl methyl sites for hydroxylation is 1. The molecule has 4 amide bonds. The number of carbonyl (C=O) groups excluding carboxylic acids is 3. The van der Waals surface area contributed by atoms with Gasteiger partial charge in [-0.05, 0) is 25.1 Å². The third-order valence-corrected chi connectivity index (χ3v) is 2.94. The van der Waals surface area contributed by atoms with Crippen molar-refractivity contribution >= 4 is 35.3 Å². The van der Waals surface area contributed by atoms with Crippen molar-refractivity contribution in [3.05, 3.63) is 27.5 Å². The molecule has 1 aromatic rings. The molecule has 16 heavy (non-hydrogen) atoms. The van der Waals surface area contributed by atoms with E-state index in [0.717, 1.165) is 9.75 Å². The van der Waals surface area contributed by atoms with Crippen molar-refractivity contribution in [2.45, 2.75) is 6.92 Å². The first kappa shape index (κ1) is 10.6. The highest BCUT2D eigenvalue weighted by atomic mass is 32.1. The lowest BCUT2D eigenvalue weighted by molar-refractivity contribution is -0.123. The van der Waals surface area contributed by atoms with Crippen LogP contribution in [0.5, 0.6) is 0 Å². The maximum absolute atomic E-state index is 11.4. The van der Waals surface area contributed by atoms with Crippen LogP contribution in [-0.4, -0.2) is 17.8 Å². The van der Waals surface area contributed by atoms with Crippen LogP contribution in [-0.2, 0) is 9.59 Å². The maximum Gasteiger partial charge on any atom is 0.328 e. The Morgan fingerprint density at radius 1 is 1.12 bits per heavy atom. The van der Waals surface area contributed by atoms with Crippen molar-refractivity contribution in [3.63, 3.8) is 0 Å². The third-order valence-electron chi connectivity index (χ3n) is 1.99. The summed E-state index contributed by atoms with van der Waals surface area (Å²) in [6.07, 6.45) is 1.47. The van der Waals surface area contributed by atoms with Crippen LogP contribution in [0, 0.1) is 6.92 Å². The second-order valence-electron chi connectivity index (χ2n) is 3.24. The van der Waals surface area contributed by atoms with Crippen LogP contribution in [0.4, 0.5) is 4.79 Å². The third kappa shape index (κ3) is 2.01. The summed E-state index contributed by atoms with van der Waals surface area (Å²) in [6.45, 7) is 1.93. The van der Waals surface area contributed by atoms with Crippen molar-refractivity contribution in [3.8, 4) is 0 Å². The van der Waals surface area contributed by atoms with E-state index in [2.05, 4.69) is 0 Å². The van der Waals surface area contributed by atoms with E-state index in [1.165, 1.54) is 17.4 Å². The van der Waals surface area contributed by atoms with Crippen molar-refractivity contribution in [1.82, 2.24) is 10.6 Å². The van der Waals surface area contributed by atoms with Crippen LogP contribution in [0.2, 0.25) is 0 Å². The van der Waals surface area contributed by atoms with Crippen molar-refractivity contribution < 1.29 is 14.4 Å². The van der Waals surface area contributed by atoms with Gasteiger partial charge in [0, 0.05) is 9.75 Å². The molecule has 1 fully saturated rings. The standard InChI is InChI=1S/C10H8N2O3S/c1-5-2-3-6(16-5)4-7-8(13)11-10(15)12-9(7)14/h2-4H,1H3,(H2,11,12,13,14,15). The van der Waals surface area contributed by atoms with Gasteiger partial charge in [0.2, 0.25) is 0 Å². The molecular weight excluding hydrogens is 228 g/mol. The van der Waals surface area contributed by atoms with Crippen LogP contribution in [0.1, 0.15) is 9.75 Å². The molecule has 1 aliphatic heterocycles. The maximum atomic E-state index is 11.4. The summed E-state index contributed by atoms with van der Waals surface area (Å²) in [6, 6.07) is 2.92. The molecule has 5 nitrogen and oxygen atoms in total. The normalized spacial score (nSPS) is 15.8. The summed E-state index contributed by atoms with van der Waals surface area (Å²) in [5.41, 5.74) is -0.0542. The van der Waals surface area contributed by atoms with E-state index in [9.17, 15) is 14.4 Å². The highest BCUT2D eigenvalue weighted by molar-refractivity contribution is 7.12. The molecular formula is C10H8N2O3S. The van der Waals surface area contributed by atoms with Gasteiger partial charge in [-0.2, -0.15) is 0 Å². The van der Waals surface area contributed by atoms with Gasteiger partial charge in [-0.25, -0.2) is 4.79 Å². The van der Waals surface area contributed by atoms with Gasteiger partial charge in [-0.1, -0.05) is 0 Å². The molecule has 6 heteroatoms. The number of urea groups is 1. The minimum Gasteiger partial charge on any atom is -0.273 e. The lowest BCUT2D eigenvalue weighted by Crippen LogP contribution is -2.51. The predicted molar refractivity (Wildman–Crippen MR) is 58.7 cm³/mol. The molecule has 1 saturated heterocycles. The van der Waals surface area contributed by atoms with E-state index in [1.54, 1.807) is 0 Å². The lowest BCUT2D eigenvalue weighted by atomic mass is 10.2. The Labute approximate surface area is 95.2 Å². The molecule has 0 spiro atoms. The van der Waals surface area contributed by atoms with Crippen LogP contribution < -0.4 is 10.6 Å². The summed E-state index contributed by atoms with van der Waals surface area (Å²) < 4.78 is 0. The number of thiophene rings is 1. The number of nitrogens with one attached hydrogen (secondary N) is 2. The monoisotopic (exact) mass is 236 g/mol. The fourth-order valence-corrected chi connectivity index (χ4v) is 2.10. The summed E-state index contributed by atoms with van der Waals surface area (Å²) >= 11 is 1.46. The number of amides is 4. The Balaban J connectivity index is 2.32. The molecule has 2 rings (SSSR count). The predicted octanol–water partition coefficient (Wildman–Crippen LogP) is 0.806. The van der Waals surface area contributed by atoms with E-state index in [-0.39, 0.29) is 5.57 Å². The van der Waals surface area contributed by atoms with Crippen LogP contribution >= 0.6 is 11.3 Å². The zero-order chi connectivity index (χ0) is 11.7. The second-order valence-corrected chi connectivity index (χ2v) is 4.56. The van der Waals surface area contributed by atoms with Gasteiger partial charge in [0.1, 0.15) is 5.57 Å². The summed E-state index contributed by atoms with van der Waals surface area (Å²) in [4.78, 5) is 35.4. The van der Waals surface area contributed by atoms with Gasteiger partial charge in [0.15, 0.2) is 0 Å². The first-order valence-corrected chi connectivity index (χ1v) is 5.33. The first-order valence-electron chi connectivity index (χ1n) is 4.51. The van der Waals surface area contributed by atoms with Crippen LogP contribution in [0.25, 0.3) is 6.08 Å². The summed E-state index contributed by atoms with van der Waals surface area (Å²) in [7, 11) is 0. The zero-order valence-corrected chi connectivity index (χ0v) is 9.18. The molecule has 0 atom stereocenters. The minimum atomic E-state index is -0.783. The molecule has 2 heterocycles. The summed E-state index contributed by atoms with van der Waals surface area (Å²) in [5.74, 6) is -1.33. The average molecular weight is 236 g/mol. The van der Waals surface area contributed by atoms with Gasteiger partial charge in [-0.3, -0.25) is 20.2 Å².